The summed E-state index contributed by atoms with van der Waals surface area (Å²) in [6, 6.07) is 12.1. The zero-order valence-corrected chi connectivity index (χ0v) is 16.2. The van der Waals surface area contributed by atoms with Gasteiger partial charge in [0.2, 0.25) is 5.88 Å². The summed E-state index contributed by atoms with van der Waals surface area (Å²) >= 11 is 12.1. The van der Waals surface area contributed by atoms with Crippen molar-refractivity contribution in [3.05, 3.63) is 81.7 Å². The molecule has 28 heavy (non-hydrogen) atoms. The Kier molecular flexibility index (Phi) is 6.34. The number of carbonyl (C=O) groups excluding carboxylic acids is 1. The lowest BCUT2D eigenvalue weighted by Crippen LogP contribution is -2.22. The Morgan fingerprint density at radius 2 is 1.89 bits per heavy atom. The second kappa shape index (κ2) is 8.91. The fraction of sp³-hybridized carbons (Fsp3) is 0.100. The summed E-state index contributed by atoms with van der Waals surface area (Å²) in [5.41, 5.74) is 1.07. The van der Waals surface area contributed by atoms with Crippen LogP contribution in [0.25, 0.3) is 0 Å². The molecule has 0 aliphatic carbocycles. The van der Waals surface area contributed by atoms with E-state index in [1.165, 1.54) is 31.4 Å². The van der Waals surface area contributed by atoms with E-state index in [2.05, 4.69) is 10.3 Å². The molecule has 0 atom stereocenters. The molecule has 3 aromatic rings. The summed E-state index contributed by atoms with van der Waals surface area (Å²) in [4.78, 5) is 16.5. The van der Waals surface area contributed by atoms with Crippen molar-refractivity contribution in [3.8, 4) is 17.4 Å². The first-order valence-electron chi connectivity index (χ1n) is 8.16. The van der Waals surface area contributed by atoms with E-state index in [1.54, 1.807) is 30.5 Å². The Labute approximate surface area is 171 Å². The molecule has 8 heteroatoms. The molecular weight excluding hydrogens is 406 g/mol. The third-order valence-corrected chi connectivity index (χ3v) is 4.30. The Morgan fingerprint density at radius 3 is 2.50 bits per heavy atom. The normalized spacial score (nSPS) is 10.4. The standard InChI is InChI=1S/C20H15Cl2FN2O3/c1-27-19-16(21)7-13(8-17(19)22)20(26)25-11-12-5-6-18(24-10-12)28-15-4-2-3-14(23)9-15/h2-10H,11H2,1H3,(H,25,26). The lowest BCUT2D eigenvalue weighted by atomic mass is 10.2. The first-order valence-corrected chi connectivity index (χ1v) is 8.91. The van der Waals surface area contributed by atoms with Crippen LogP contribution in [0, 0.1) is 5.82 Å². The predicted octanol–water partition coefficient (Wildman–Crippen LogP) is 5.26. The van der Waals surface area contributed by atoms with Crippen LogP contribution in [0.5, 0.6) is 17.4 Å². The van der Waals surface area contributed by atoms with Crippen molar-refractivity contribution in [2.24, 2.45) is 0 Å². The molecule has 144 valence electrons. The van der Waals surface area contributed by atoms with E-state index < -0.39 is 5.82 Å². The van der Waals surface area contributed by atoms with E-state index in [-0.39, 0.29) is 22.5 Å². The van der Waals surface area contributed by atoms with Gasteiger partial charge >= 0.3 is 0 Å². The fourth-order valence-electron chi connectivity index (χ4n) is 2.40. The lowest BCUT2D eigenvalue weighted by Gasteiger charge is -2.10. The van der Waals surface area contributed by atoms with Crippen LogP contribution in [0.4, 0.5) is 4.39 Å². The molecule has 1 N–H and O–H groups in total. The highest BCUT2D eigenvalue weighted by Gasteiger charge is 2.13. The summed E-state index contributed by atoms with van der Waals surface area (Å²) in [5.74, 6) is 0.247. The van der Waals surface area contributed by atoms with E-state index in [9.17, 15) is 9.18 Å². The highest BCUT2D eigenvalue weighted by Crippen LogP contribution is 2.33. The quantitative estimate of drug-likeness (QED) is 0.590. The number of rotatable bonds is 6. The molecule has 0 saturated carbocycles. The second-order valence-corrected chi connectivity index (χ2v) is 6.53. The van der Waals surface area contributed by atoms with E-state index in [0.717, 1.165) is 5.56 Å². The summed E-state index contributed by atoms with van der Waals surface area (Å²) in [7, 11) is 1.45. The minimum Gasteiger partial charge on any atom is -0.494 e. The Balaban J connectivity index is 1.61. The third-order valence-electron chi connectivity index (χ3n) is 3.73. The van der Waals surface area contributed by atoms with Crippen molar-refractivity contribution in [2.75, 3.05) is 7.11 Å². The van der Waals surface area contributed by atoms with Crippen LogP contribution in [0.2, 0.25) is 10.0 Å². The number of carbonyl (C=O) groups is 1. The second-order valence-electron chi connectivity index (χ2n) is 5.72. The molecule has 2 aromatic carbocycles. The molecule has 0 aliphatic heterocycles. The number of amides is 1. The molecule has 1 amide bonds. The van der Waals surface area contributed by atoms with Gasteiger partial charge in [-0.05, 0) is 29.8 Å². The average molecular weight is 421 g/mol. The molecule has 1 heterocycles. The van der Waals surface area contributed by atoms with Crippen molar-refractivity contribution < 1.29 is 18.7 Å². The average Bonchev–Trinajstić information content (AvgIpc) is 2.67. The summed E-state index contributed by atoms with van der Waals surface area (Å²) in [5, 5.41) is 3.26. The zero-order chi connectivity index (χ0) is 20.1. The van der Waals surface area contributed by atoms with Crippen molar-refractivity contribution in [1.82, 2.24) is 10.3 Å². The number of pyridine rings is 1. The number of halogens is 3. The van der Waals surface area contributed by atoms with Crippen molar-refractivity contribution in [3.63, 3.8) is 0 Å². The summed E-state index contributed by atoms with van der Waals surface area (Å²) in [6.07, 6.45) is 1.56. The zero-order valence-electron chi connectivity index (χ0n) is 14.7. The molecule has 5 nitrogen and oxygen atoms in total. The number of nitrogens with one attached hydrogen (secondary N) is 1. The summed E-state index contributed by atoms with van der Waals surface area (Å²) < 4.78 is 23.7. The van der Waals surface area contributed by atoms with Gasteiger partial charge < -0.3 is 14.8 Å². The van der Waals surface area contributed by atoms with Gasteiger partial charge in [0.25, 0.3) is 5.91 Å². The smallest absolute Gasteiger partial charge is 0.251 e. The highest BCUT2D eigenvalue weighted by molar-refractivity contribution is 6.37. The maximum Gasteiger partial charge on any atom is 0.251 e. The predicted molar refractivity (Wildman–Crippen MR) is 105 cm³/mol. The van der Waals surface area contributed by atoms with Gasteiger partial charge in [-0.2, -0.15) is 0 Å². The first kappa shape index (κ1) is 19.9. The molecule has 0 fully saturated rings. The SMILES string of the molecule is COc1c(Cl)cc(C(=O)NCc2ccc(Oc3cccc(F)c3)nc2)cc1Cl. The molecular formula is C20H15Cl2FN2O3. The van der Waals surface area contributed by atoms with Gasteiger partial charge in [0.15, 0.2) is 5.75 Å². The molecule has 0 spiro atoms. The molecule has 0 aliphatic rings. The van der Waals surface area contributed by atoms with Crippen LogP contribution in [0.1, 0.15) is 15.9 Å². The lowest BCUT2D eigenvalue weighted by molar-refractivity contribution is 0.0951. The maximum atomic E-state index is 13.2. The van der Waals surface area contributed by atoms with Crippen molar-refractivity contribution >= 4 is 29.1 Å². The van der Waals surface area contributed by atoms with Crippen LogP contribution >= 0.6 is 23.2 Å². The van der Waals surface area contributed by atoms with Gasteiger partial charge in [-0.1, -0.05) is 35.3 Å². The minimum atomic E-state index is -0.393. The highest BCUT2D eigenvalue weighted by atomic mass is 35.5. The number of ether oxygens (including phenoxy) is 2. The van der Waals surface area contributed by atoms with Crippen molar-refractivity contribution in [2.45, 2.75) is 6.54 Å². The van der Waals surface area contributed by atoms with Crippen LogP contribution in [-0.2, 0) is 6.54 Å². The van der Waals surface area contributed by atoms with E-state index in [0.29, 0.717) is 22.9 Å². The number of methoxy groups -OCH3 is 1. The maximum absolute atomic E-state index is 13.2. The summed E-state index contributed by atoms with van der Waals surface area (Å²) in [6.45, 7) is 0.243. The van der Waals surface area contributed by atoms with E-state index in [4.69, 9.17) is 32.7 Å². The largest absolute Gasteiger partial charge is 0.494 e. The monoisotopic (exact) mass is 420 g/mol. The Bertz CT molecular complexity index is 974. The third kappa shape index (κ3) is 4.91. The van der Waals surface area contributed by atoms with E-state index >= 15 is 0 Å². The topological polar surface area (TPSA) is 60.5 Å². The van der Waals surface area contributed by atoms with Crippen LogP contribution in [0.15, 0.2) is 54.7 Å². The van der Waals surface area contributed by atoms with Crippen molar-refractivity contribution in [1.29, 1.82) is 0 Å². The van der Waals surface area contributed by atoms with Crippen LogP contribution in [0.3, 0.4) is 0 Å². The van der Waals surface area contributed by atoms with Gasteiger partial charge in [-0.15, -0.1) is 0 Å². The minimum absolute atomic E-state index is 0.243. The Morgan fingerprint density at radius 1 is 1.14 bits per heavy atom. The van der Waals surface area contributed by atoms with Gasteiger partial charge in [-0.25, -0.2) is 9.37 Å². The number of hydrogen-bond acceptors (Lipinski definition) is 4. The number of aromatic nitrogens is 1. The number of nitrogens with zero attached hydrogens (tertiary/aromatic N) is 1. The molecule has 0 bridgehead atoms. The van der Waals surface area contributed by atoms with Gasteiger partial charge in [0.05, 0.1) is 17.2 Å². The van der Waals surface area contributed by atoms with Gasteiger partial charge in [0.1, 0.15) is 11.6 Å². The Hall–Kier alpha value is -2.83. The van der Waals surface area contributed by atoms with Gasteiger partial charge in [-0.3, -0.25) is 4.79 Å². The van der Waals surface area contributed by atoms with Gasteiger partial charge in [0, 0.05) is 30.4 Å². The van der Waals surface area contributed by atoms with E-state index in [1.807, 2.05) is 0 Å². The van der Waals surface area contributed by atoms with Crippen LogP contribution < -0.4 is 14.8 Å². The number of hydrogen-bond donors (Lipinski definition) is 1. The molecule has 3 rings (SSSR count). The molecule has 0 saturated heterocycles. The molecule has 0 unspecified atom stereocenters. The molecule has 0 radical (unpaired) electrons. The fourth-order valence-corrected chi connectivity index (χ4v) is 3.04. The first-order chi connectivity index (χ1) is 13.5. The number of benzene rings is 2. The molecule has 1 aromatic heterocycles. The van der Waals surface area contributed by atoms with Crippen LogP contribution in [-0.4, -0.2) is 18.0 Å².